The predicted molar refractivity (Wildman–Crippen MR) is 98.1 cm³/mol. The normalized spacial score (nSPS) is 21.3. The molecule has 5 nitrogen and oxygen atoms in total. The Labute approximate surface area is 145 Å². The Balaban J connectivity index is 1.64. The summed E-state index contributed by atoms with van der Waals surface area (Å²) >= 11 is 0. The van der Waals surface area contributed by atoms with E-state index in [1.807, 2.05) is 0 Å². The van der Waals surface area contributed by atoms with Crippen molar-refractivity contribution in [1.82, 2.24) is 10.2 Å². The van der Waals surface area contributed by atoms with Crippen LogP contribution in [0.5, 0.6) is 0 Å². The predicted octanol–water partition coefficient (Wildman–Crippen LogP) is 2.07. The fraction of sp³-hybridized carbons (Fsp3) is 0.632. The van der Waals surface area contributed by atoms with Crippen molar-refractivity contribution in [1.29, 1.82) is 0 Å². The van der Waals surface area contributed by atoms with Gasteiger partial charge in [-0.25, -0.2) is 0 Å². The van der Waals surface area contributed by atoms with Crippen molar-refractivity contribution in [2.75, 3.05) is 39.4 Å². The van der Waals surface area contributed by atoms with Gasteiger partial charge < -0.3 is 15.8 Å². The Morgan fingerprint density at radius 3 is 2.83 bits per heavy atom. The van der Waals surface area contributed by atoms with Gasteiger partial charge in [-0.15, -0.1) is 0 Å². The molecule has 1 aliphatic carbocycles. The van der Waals surface area contributed by atoms with Crippen molar-refractivity contribution >= 4 is 5.96 Å². The van der Waals surface area contributed by atoms with Gasteiger partial charge in [0.05, 0.1) is 25.8 Å². The van der Waals surface area contributed by atoms with Crippen molar-refractivity contribution in [3.8, 4) is 0 Å². The second-order valence-electron chi connectivity index (χ2n) is 6.98. The molecular weight excluding hydrogens is 300 g/mol. The van der Waals surface area contributed by atoms with E-state index in [2.05, 4.69) is 46.4 Å². The number of nitrogens with two attached hydrogens (primary N) is 1. The van der Waals surface area contributed by atoms with E-state index in [0.717, 1.165) is 38.8 Å². The fourth-order valence-electron chi connectivity index (χ4n) is 3.38. The number of aliphatic imine (C=N–C) groups is 1. The molecule has 0 amide bonds. The first kappa shape index (κ1) is 17.2. The molecule has 0 radical (unpaired) electrons. The first-order valence-corrected chi connectivity index (χ1v) is 9.14. The molecule has 5 heteroatoms. The van der Waals surface area contributed by atoms with Gasteiger partial charge in [0, 0.05) is 19.6 Å². The lowest BCUT2D eigenvalue weighted by atomic mass is 9.85. The van der Waals surface area contributed by atoms with Crippen LogP contribution in [0.25, 0.3) is 0 Å². The molecule has 132 valence electrons. The molecule has 1 aromatic carbocycles. The number of rotatable bonds is 6. The molecule has 0 spiro atoms. The summed E-state index contributed by atoms with van der Waals surface area (Å²) in [6.07, 6.45) is 4.00. The molecule has 0 aromatic heterocycles. The van der Waals surface area contributed by atoms with Gasteiger partial charge in [0.25, 0.3) is 0 Å². The second-order valence-corrected chi connectivity index (χ2v) is 6.98. The number of aryl methyl sites for hydroxylation is 1. The maximum Gasteiger partial charge on any atom is 0.188 e. The molecule has 3 rings (SSSR count). The number of hydrogen-bond acceptors (Lipinski definition) is 3. The van der Waals surface area contributed by atoms with E-state index < -0.39 is 0 Å². The molecule has 24 heavy (non-hydrogen) atoms. The SMILES string of the molecule is Cc1cccc(C(CN=C(N)NCC2CCC2)N2CCOCC2)c1. The van der Waals surface area contributed by atoms with Crippen LogP contribution in [-0.4, -0.2) is 50.3 Å². The van der Waals surface area contributed by atoms with E-state index in [1.165, 1.54) is 30.4 Å². The van der Waals surface area contributed by atoms with Gasteiger partial charge in [-0.2, -0.15) is 0 Å². The summed E-state index contributed by atoms with van der Waals surface area (Å²) in [4.78, 5) is 7.10. The Kier molecular flexibility index (Phi) is 6.10. The largest absolute Gasteiger partial charge is 0.379 e. The smallest absolute Gasteiger partial charge is 0.188 e. The van der Waals surface area contributed by atoms with E-state index in [1.54, 1.807) is 0 Å². The second kappa shape index (κ2) is 8.49. The van der Waals surface area contributed by atoms with Crippen molar-refractivity contribution in [2.45, 2.75) is 32.2 Å². The minimum Gasteiger partial charge on any atom is -0.379 e. The maximum atomic E-state index is 6.08. The third-order valence-corrected chi connectivity index (χ3v) is 5.14. The summed E-state index contributed by atoms with van der Waals surface area (Å²) < 4.78 is 5.50. The number of hydrogen-bond donors (Lipinski definition) is 2. The summed E-state index contributed by atoms with van der Waals surface area (Å²) in [7, 11) is 0. The van der Waals surface area contributed by atoms with Gasteiger partial charge in [-0.05, 0) is 31.2 Å². The van der Waals surface area contributed by atoms with E-state index in [0.29, 0.717) is 12.5 Å². The van der Waals surface area contributed by atoms with Crippen LogP contribution in [0.2, 0.25) is 0 Å². The standard InChI is InChI=1S/C19H30N4O/c1-15-4-2-7-17(12-15)18(23-8-10-24-11-9-23)14-22-19(20)21-13-16-5-3-6-16/h2,4,7,12,16,18H,3,5-6,8-11,13-14H2,1H3,(H3,20,21,22). The van der Waals surface area contributed by atoms with E-state index in [-0.39, 0.29) is 6.04 Å². The number of nitrogens with zero attached hydrogens (tertiary/aromatic N) is 2. The topological polar surface area (TPSA) is 62.9 Å². The molecule has 3 N–H and O–H groups in total. The zero-order valence-electron chi connectivity index (χ0n) is 14.7. The monoisotopic (exact) mass is 330 g/mol. The third-order valence-electron chi connectivity index (χ3n) is 5.14. The van der Waals surface area contributed by atoms with Crippen molar-refractivity contribution in [3.63, 3.8) is 0 Å². The van der Waals surface area contributed by atoms with Gasteiger partial charge in [0.15, 0.2) is 5.96 Å². The van der Waals surface area contributed by atoms with E-state index in [4.69, 9.17) is 10.5 Å². The van der Waals surface area contributed by atoms with Crippen LogP contribution in [0, 0.1) is 12.8 Å². The first-order valence-electron chi connectivity index (χ1n) is 9.14. The molecule has 1 unspecified atom stereocenters. The third kappa shape index (κ3) is 4.71. The van der Waals surface area contributed by atoms with Crippen molar-refractivity contribution in [3.05, 3.63) is 35.4 Å². The van der Waals surface area contributed by atoms with Crippen LogP contribution in [-0.2, 0) is 4.74 Å². The summed E-state index contributed by atoms with van der Waals surface area (Å²) in [6.45, 7) is 7.27. The molecule has 0 bridgehead atoms. The zero-order valence-corrected chi connectivity index (χ0v) is 14.7. The quantitative estimate of drug-likeness (QED) is 0.619. The number of guanidine groups is 1. The fourth-order valence-corrected chi connectivity index (χ4v) is 3.38. The van der Waals surface area contributed by atoms with Crippen LogP contribution in [0.1, 0.15) is 36.4 Å². The van der Waals surface area contributed by atoms with Crippen LogP contribution in [0.3, 0.4) is 0 Å². The maximum absolute atomic E-state index is 6.08. The highest BCUT2D eigenvalue weighted by atomic mass is 16.5. The van der Waals surface area contributed by atoms with Gasteiger partial charge in [-0.3, -0.25) is 9.89 Å². The van der Waals surface area contributed by atoms with Crippen LogP contribution < -0.4 is 11.1 Å². The number of benzene rings is 1. The summed E-state index contributed by atoms with van der Waals surface area (Å²) in [5, 5.41) is 3.29. The van der Waals surface area contributed by atoms with E-state index >= 15 is 0 Å². The highest BCUT2D eigenvalue weighted by Crippen LogP contribution is 2.25. The summed E-state index contributed by atoms with van der Waals surface area (Å²) in [5.41, 5.74) is 8.68. The van der Waals surface area contributed by atoms with Crippen molar-refractivity contribution < 1.29 is 4.74 Å². The number of ether oxygens (including phenoxy) is 1. The van der Waals surface area contributed by atoms with Gasteiger partial charge >= 0.3 is 0 Å². The molecule has 1 atom stereocenters. The molecule has 1 saturated carbocycles. The highest BCUT2D eigenvalue weighted by Gasteiger charge is 2.23. The zero-order chi connectivity index (χ0) is 16.8. The average Bonchev–Trinajstić information content (AvgIpc) is 2.55. The van der Waals surface area contributed by atoms with Crippen LogP contribution in [0.15, 0.2) is 29.3 Å². The Morgan fingerprint density at radius 1 is 1.38 bits per heavy atom. The van der Waals surface area contributed by atoms with Gasteiger partial charge in [0.1, 0.15) is 0 Å². The molecule has 1 aromatic rings. The van der Waals surface area contributed by atoms with Crippen LogP contribution in [0.4, 0.5) is 0 Å². The minimum absolute atomic E-state index is 0.262. The molecule has 1 heterocycles. The summed E-state index contributed by atoms with van der Waals surface area (Å²) in [5.74, 6) is 1.36. The Hall–Kier alpha value is -1.59. The van der Waals surface area contributed by atoms with Gasteiger partial charge in [0.2, 0.25) is 0 Å². The van der Waals surface area contributed by atoms with Gasteiger partial charge in [-0.1, -0.05) is 36.2 Å². The average molecular weight is 330 g/mol. The number of morpholine rings is 1. The summed E-state index contributed by atoms with van der Waals surface area (Å²) in [6, 6.07) is 8.98. The van der Waals surface area contributed by atoms with Crippen LogP contribution >= 0.6 is 0 Å². The first-order chi connectivity index (χ1) is 11.7. The van der Waals surface area contributed by atoms with E-state index in [9.17, 15) is 0 Å². The molecular formula is C19H30N4O. The number of nitrogens with one attached hydrogen (secondary N) is 1. The minimum atomic E-state index is 0.262. The highest BCUT2D eigenvalue weighted by molar-refractivity contribution is 5.77. The molecule has 1 aliphatic heterocycles. The lowest BCUT2D eigenvalue weighted by Crippen LogP contribution is -2.41. The van der Waals surface area contributed by atoms with Crippen molar-refractivity contribution in [2.24, 2.45) is 16.6 Å². The Bertz CT molecular complexity index is 550. The lowest BCUT2D eigenvalue weighted by molar-refractivity contribution is 0.0179. The lowest BCUT2D eigenvalue weighted by Gasteiger charge is -2.34. The molecule has 2 aliphatic rings. The Morgan fingerprint density at radius 2 is 2.17 bits per heavy atom. The molecule has 1 saturated heterocycles. The molecule has 2 fully saturated rings.